The maximum Gasteiger partial charge on any atom is 0.226 e. The molecule has 23 heavy (non-hydrogen) atoms. The van der Waals surface area contributed by atoms with Gasteiger partial charge in [-0.1, -0.05) is 18.1 Å². The molecular weight excluding hydrogens is 290 g/mol. The van der Waals surface area contributed by atoms with Crippen molar-refractivity contribution >= 4 is 11.0 Å². The maximum atomic E-state index is 5.22. The summed E-state index contributed by atoms with van der Waals surface area (Å²) in [5, 5.41) is 4.07. The average molecular weight is 311 g/mol. The number of aromatic nitrogens is 4. The molecule has 1 aliphatic heterocycles. The van der Waals surface area contributed by atoms with E-state index >= 15 is 0 Å². The van der Waals surface area contributed by atoms with E-state index in [4.69, 9.17) is 9.51 Å². The second kappa shape index (κ2) is 5.77. The van der Waals surface area contributed by atoms with Gasteiger partial charge in [-0.15, -0.1) is 0 Å². The largest absolute Gasteiger partial charge is 0.341 e. The second-order valence-electron chi connectivity index (χ2n) is 6.23. The molecule has 0 bridgehead atoms. The molecule has 1 fully saturated rings. The van der Waals surface area contributed by atoms with Crippen LogP contribution >= 0.6 is 0 Å². The lowest BCUT2D eigenvalue weighted by Gasteiger charge is -2.20. The minimum absolute atomic E-state index is 0.297. The topological polar surface area (TPSA) is 70.8 Å². The lowest BCUT2D eigenvalue weighted by atomic mass is 10.2. The van der Waals surface area contributed by atoms with Gasteiger partial charge in [-0.2, -0.15) is 4.98 Å². The van der Waals surface area contributed by atoms with Crippen LogP contribution in [0.15, 0.2) is 22.7 Å². The number of aromatic amines is 1. The van der Waals surface area contributed by atoms with Gasteiger partial charge in [-0.25, -0.2) is 4.98 Å². The highest BCUT2D eigenvalue weighted by atomic mass is 16.5. The molecule has 1 aromatic carbocycles. The van der Waals surface area contributed by atoms with E-state index < -0.39 is 0 Å². The zero-order valence-electron chi connectivity index (χ0n) is 13.5. The molecule has 120 valence electrons. The Morgan fingerprint density at radius 1 is 1.35 bits per heavy atom. The minimum atomic E-state index is 0.297. The number of hydrogen-bond acceptors (Lipinski definition) is 5. The van der Waals surface area contributed by atoms with Gasteiger partial charge in [0.1, 0.15) is 5.82 Å². The first-order valence-corrected chi connectivity index (χ1v) is 8.24. The highest BCUT2D eigenvalue weighted by Gasteiger charge is 2.29. The van der Waals surface area contributed by atoms with Crippen molar-refractivity contribution in [2.24, 2.45) is 0 Å². The standard InChI is InChI=1S/C17H21N5O/c1-3-16-20-15(21-23-16)10-22-8-4-5-14(22)17-18-12-7-6-11(2)9-13(12)19-17/h6-7,9,14H,3-5,8,10H2,1-2H3,(H,18,19)/t14-/m1/s1. The molecule has 1 N–H and O–H groups in total. The van der Waals surface area contributed by atoms with Gasteiger partial charge in [0.15, 0.2) is 5.82 Å². The van der Waals surface area contributed by atoms with E-state index in [1.807, 2.05) is 6.92 Å². The van der Waals surface area contributed by atoms with Crippen LogP contribution in [0.5, 0.6) is 0 Å². The number of nitrogens with one attached hydrogen (secondary N) is 1. The Bertz CT molecular complexity index is 821. The van der Waals surface area contributed by atoms with Crippen molar-refractivity contribution in [2.45, 2.75) is 45.7 Å². The number of rotatable bonds is 4. The van der Waals surface area contributed by atoms with Crippen LogP contribution in [0.4, 0.5) is 0 Å². The van der Waals surface area contributed by atoms with E-state index in [1.54, 1.807) is 0 Å². The molecule has 1 atom stereocenters. The Kier molecular flexibility index (Phi) is 3.61. The Balaban J connectivity index is 1.58. The van der Waals surface area contributed by atoms with Crippen LogP contribution in [-0.2, 0) is 13.0 Å². The second-order valence-corrected chi connectivity index (χ2v) is 6.23. The molecule has 0 radical (unpaired) electrons. The number of hydrogen-bond donors (Lipinski definition) is 1. The van der Waals surface area contributed by atoms with Crippen LogP contribution in [0.1, 0.15) is 48.9 Å². The molecule has 6 heteroatoms. The lowest BCUT2D eigenvalue weighted by Crippen LogP contribution is -2.24. The van der Waals surface area contributed by atoms with Crippen molar-refractivity contribution in [3.05, 3.63) is 41.3 Å². The molecule has 0 unspecified atom stereocenters. The van der Waals surface area contributed by atoms with Crippen LogP contribution in [0.3, 0.4) is 0 Å². The van der Waals surface area contributed by atoms with Crippen LogP contribution in [-0.4, -0.2) is 31.6 Å². The van der Waals surface area contributed by atoms with Crippen LogP contribution < -0.4 is 0 Å². The van der Waals surface area contributed by atoms with E-state index in [0.29, 0.717) is 18.5 Å². The van der Waals surface area contributed by atoms with Crippen LogP contribution in [0.2, 0.25) is 0 Å². The summed E-state index contributed by atoms with van der Waals surface area (Å²) in [5.74, 6) is 2.51. The summed E-state index contributed by atoms with van der Waals surface area (Å²) in [6.45, 7) is 5.87. The van der Waals surface area contributed by atoms with Gasteiger partial charge < -0.3 is 9.51 Å². The summed E-state index contributed by atoms with van der Waals surface area (Å²) in [5.41, 5.74) is 3.39. The Morgan fingerprint density at radius 2 is 2.26 bits per heavy atom. The van der Waals surface area contributed by atoms with Crippen LogP contribution in [0.25, 0.3) is 11.0 Å². The smallest absolute Gasteiger partial charge is 0.226 e. The van der Waals surface area contributed by atoms with Crippen LogP contribution in [0, 0.1) is 6.92 Å². The van der Waals surface area contributed by atoms with Gasteiger partial charge in [0, 0.05) is 6.42 Å². The quantitative estimate of drug-likeness (QED) is 0.801. The fourth-order valence-corrected chi connectivity index (χ4v) is 3.31. The number of aryl methyl sites for hydroxylation is 2. The van der Waals surface area contributed by atoms with Crippen molar-refractivity contribution in [3.8, 4) is 0 Å². The first-order valence-electron chi connectivity index (χ1n) is 8.24. The van der Waals surface area contributed by atoms with E-state index in [9.17, 15) is 0 Å². The monoisotopic (exact) mass is 311 g/mol. The molecule has 6 nitrogen and oxygen atoms in total. The molecule has 0 aliphatic carbocycles. The van der Waals surface area contributed by atoms with Gasteiger partial charge in [-0.3, -0.25) is 4.90 Å². The number of fused-ring (bicyclic) bond motifs is 1. The third kappa shape index (κ3) is 2.74. The first-order chi connectivity index (χ1) is 11.2. The van der Waals surface area contributed by atoms with Crippen molar-refractivity contribution in [1.82, 2.24) is 25.0 Å². The van der Waals surface area contributed by atoms with Gasteiger partial charge in [0.2, 0.25) is 5.89 Å². The van der Waals surface area contributed by atoms with Crippen molar-refractivity contribution in [1.29, 1.82) is 0 Å². The number of H-pyrrole nitrogens is 1. The predicted octanol–water partition coefficient (Wildman–Crippen LogP) is 3.15. The fourth-order valence-electron chi connectivity index (χ4n) is 3.31. The van der Waals surface area contributed by atoms with Crippen molar-refractivity contribution in [3.63, 3.8) is 0 Å². The highest BCUT2D eigenvalue weighted by molar-refractivity contribution is 5.75. The molecule has 1 saturated heterocycles. The number of likely N-dealkylation sites (tertiary alicyclic amines) is 1. The van der Waals surface area contributed by atoms with Crippen molar-refractivity contribution < 1.29 is 4.52 Å². The average Bonchev–Trinajstić information content (AvgIpc) is 3.25. The van der Waals surface area contributed by atoms with Gasteiger partial charge in [0.05, 0.1) is 23.6 Å². The van der Waals surface area contributed by atoms with E-state index in [2.05, 4.69) is 45.1 Å². The number of nitrogens with zero attached hydrogens (tertiary/aromatic N) is 4. The summed E-state index contributed by atoms with van der Waals surface area (Å²) < 4.78 is 5.22. The summed E-state index contributed by atoms with van der Waals surface area (Å²) in [4.78, 5) is 15.1. The van der Waals surface area contributed by atoms with Gasteiger partial charge >= 0.3 is 0 Å². The summed E-state index contributed by atoms with van der Waals surface area (Å²) >= 11 is 0. The molecule has 0 amide bonds. The summed E-state index contributed by atoms with van der Waals surface area (Å²) in [7, 11) is 0. The van der Waals surface area contributed by atoms with E-state index in [1.165, 1.54) is 12.0 Å². The third-order valence-corrected chi connectivity index (χ3v) is 4.49. The first kappa shape index (κ1) is 14.4. The fraction of sp³-hybridized carbons (Fsp3) is 0.471. The SMILES string of the molecule is CCc1nc(CN2CCC[C@@H]2c2nc3ccc(C)cc3[nH]2)no1. The molecule has 4 rings (SSSR count). The molecule has 3 heterocycles. The van der Waals surface area contributed by atoms with E-state index in [0.717, 1.165) is 42.1 Å². The zero-order valence-corrected chi connectivity index (χ0v) is 13.5. The molecule has 0 saturated carbocycles. The maximum absolute atomic E-state index is 5.22. The lowest BCUT2D eigenvalue weighted by molar-refractivity contribution is 0.231. The third-order valence-electron chi connectivity index (χ3n) is 4.49. The highest BCUT2D eigenvalue weighted by Crippen LogP contribution is 2.32. The predicted molar refractivity (Wildman–Crippen MR) is 86.9 cm³/mol. The molecular formula is C17H21N5O. The Morgan fingerprint density at radius 3 is 3.09 bits per heavy atom. The molecule has 3 aromatic rings. The minimum Gasteiger partial charge on any atom is -0.341 e. The van der Waals surface area contributed by atoms with E-state index in [-0.39, 0.29) is 0 Å². The van der Waals surface area contributed by atoms with Crippen molar-refractivity contribution in [2.75, 3.05) is 6.54 Å². The molecule has 2 aromatic heterocycles. The summed E-state index contributed by atoms with van der Waals surface area (Å²) in [6, 6.07) is 6.63. The molecule has 1 aliphatic rings. The van der Waals surface area contributed by atoms with Gasteiger partial charge in [0.25, 0.3) is 0 Å². The normalized spacial score (nSPS) is 19.0. The molecule has 0 spiro atoms. The number of imidazole rings is 1. The number of benzene rings is 1. The van der Waals surface area contributed by atoms with Gasteiger partial charge in [-0.05, 0) is 44.0 Å². The summed E-state index contributed by atoms with van der Waals surface area (Å²) in [6.07, 6.45) is 3.05. The zero-order chi connectivity index (χ0) is 15.8. The Hall–Kier alpha value is -2.21. The Labute approximate surface area is 134 Å².